The van der Waals surface area contributed by atoms with Gasteiger partial charge in [-0.15, -0.1) is 0 Å². The zero-order valence-corrected chi connectivity index (χ0v) is 16.3. The summed E-state index contributed by atoms with van der Waals surface area (Å²) in [5, 5.41) is 10.9. The summed E-state index contributed by atoms with van der Waals surface area (Å²) < 4.78 is 11.5. The van der Waals surface area contributed by atoms with Crippen LogP contribution in [0.15, 0.2) is 58.1 Å². The number of halogens is 1. The number of aromatic amines is 1. The molecule has 3 aromatic rings. The maximum Gasteiger partial charge on any atom is 0.289 e. The standard InChI is InChI=1S/C19H17BrN4O3/c1-26-13-7-8-18(27-2)14(9-13)16-10-17(23-22-16)19(25)24-21-11-12-5-3-4-6-15(12)20/h3-11H,1-2H3,(H,22,23)(H,24,25). The lowest BCUT2D eigenvalue weighted by Crippen LogP contribution is -2.18. The second-order valence-electron chi connectivity index (χ2n) is 5.45. The number of nitrogens with zero attached hydrogens (tertiary/aromatic N) is 2. The topological polar surface area (TPSA) is 88.6 Å². The quantitative estimate of drug-likeness (QED) is 0.463. The Bertz CT molecular complexity index is 985. The van der Waals surface area contributed by atoms with Crippen molar-refractivity contribution in [1.29, 1.82) is 0 Å². The van der Waals surface area contributed by atoms with Gasteiger partial charge in [-0.05, 0) is 30.3 Å². The molecule has 27 heavy (non-hydrogen) atoms. The van der Waals surface area contributed by atoms with Crippen molar-refractivity contribution in [2.24, 2.45) is 5.10 Å². The van der Waals surface area contributed by atoms with E-state index in [1.807, 2.05) is 24.3 Å². The third kappa shape index (κ3) is 4.35. The van der Waals surface area contributed by atoms with E-state index in [0.29, 0.717) is 22.8 Å². The molecule has 2 N–H and O–H groups in total. The molecule has 0 fully saturated rings. The Balaban J connectivity index is 1.76. The highest BCUT2D eigenvalue weighted by Crippen LogP contribution is 2.32. The van der Waals surface area contributed by atoms with E-state index >= 15 is 0 Å². The van der Waals surface area contributed by atoms with Crippen molar-refractivity contribution in [3.63, 3.8) is 0 Å². The fraction of sp³-hybridized carbons (Fsp3) is 0.105. The van der Waals surface area contributed by atoms with Gasteiger partial charge in [0.1, 0.15) is 17.2 Å². The zero-order chi connectivity index (χ0) is 19.2. The molecule has 0 aliphatic heterocycles. The summed E-state index contributed by atoms with van der Waals surface area (Å²) in [5.41, 5.74) is 4.87. The maximum atomic E-state index is 12.3. The average molecular weight is 429 g/mol. The Morgan fingerprint density at radius 2 is 2.00 bits per heavy atom. The largest absolute Gasteiger partial charge is 0.497 e. The molecule has 0 saturated carbocycles. The molecule has 138 valence electrons. The Morgan fingerprint density at radius 3 is 2.74 bits per heavy atom. The zero-order valence-electron chi connectivity index (χ0n) is 14.7. The predicted octanol–water partition coefficient (Wildman–Crippen LogP) is 3.62. The van der Waals surface area contributed by atoms with Gasteiger partial charge in [-0.3, -0.25) is 9.89 Å². The Kier molecular flexibility index (Phi) is 5.87. The molecule has 0 bridgehead atoms. The van der Waals surface area contributed by atoms with E-state index in [9.17, 15) is 4.79 Å². The number of carbonyl (C=O) groups excluding carboxylic acids is 1. The molecule has 1 aromatic heterocycles. The molecule has 0 atom stereocenters. The Hall–Kier alpha value is -3.13. The van der Waals surface area contributed by atoms with Crippen molar-refractivity contribution >= 4 is 28.1 Å². The molecular weight excluding hydrogens is 412 g/mol. The first-order chi connectivity index (χ1) is 13.1. The number of hydrazone groups is 1. The van der Waals surface area contributed by atoms with E-state index in [4.69, 9.17) is 9.47 Å². The summed E-state index contributed by atoms with van der Waals surface area (Å²) in [7, 11) is 3.15. The second-order valence-corrected chi connectivity index (χ2v) is 6.31. The number of methoxy groups -OCH3 is 2. The van der Waals surface area contributed by atoms with Crippen molar-refractivity contribution in [1.82, 2.24) is 15.6 Å². The molecule has 0 spiro atoms. The van der Waals surface area contributed by atoms with E-state index in [0.717, 1.165) is 10.0 Å². The molecule has 1 heterocycles. The van der Waals surface area contributed by atoms with Gasteiger partial charge in [-0.1, -0.05) is 34.1 Å². The Labute approximate surface area is 164 Å². The van der Waals surface area contributed by atoms with Crippen LogP contribution in [-0.4, -0.2) is 36.5 Å². The molecule has 2 aromatic carbocycles. The van der Waals surface area contributed by atoms with Crippen LogP contribution in [0.5, 0.6) is 11.5 Å². The lowest BCUT2D eigenvalue weighted by Gasteiger charge is -2.08. The van der Waals surface area contributed by atoms with Crippen LogP contribution in [0, 0.1) is 0 Å². The smallest absolute Gasteiger partial charge is 0.289 e. The van der Waals surface area contributed by atoms with Crippen LogP contribution in [-0.2, 0) is 0 Å². The van der Waals surface area contributed by atoms with E-state index in [1.54, 1.807) is 44.7 Å². The summed E-state index contributed by atoms with van der Waals surface area (Å²) >= 11 is 3.42. The van der Waals surface area contributed by atoms with Gasteiger partial charge < -0.3 is 9.47 Å². The molecule has 0 aliphatic rings. The molecule has 8 heteroatoms. The van der Waals surface area contributed by atoms with Crippen LogP contribution in [0.1, 0.15) is 16.1 Å². The minimum atomic E-state index is -0.404. The average Bonchev–Trinajstić information content (AvgIpc) is 3.19. The fourth-order valence-corrected chi connectivity index (χ4v) is 2.78. The van der Waals surface area contributed by atoms with Crippen LogP contribution >= 0.6 is 15.9 Å². The van der Waals surface area contributed by atoms with Gasteiger partial charge in [0, 0.05) is 15.6 Å². The van der Waals surface area contributed by atoms with Crippen LogP contribution < -0.4 is 14.9 Å². The molecular formula is C19H17BrN4O3. The molecule has 1 amide bonds. The first-order valence-electron chi connectivity index (χ1n) is 7.98. The number of ether oxygens (including phenoxy) is 2. The van der Waals surface area contributed by atoms with Gasteiger partial charge in [0.2, 0.25) is 0 Å². The van der Waals surface area contributed by atoms with Crippen molar-refractivity contribution < 1.29 is 14.3 Å². The predicted molar refractivity (Wildman–Crippen MR) is 106 cm³/mol. The number of nitrogens with one attached hydrogen (secondary N) is 2. The number of amides is 1. The van der Waals surface area contributed by atoms with Gasteiger partial charge in [0.25, 0.3) is 5.91 Å². The number of hydrogen-bond acceptors (Lipinski definition) is 5. The third-order valence-corrected chi connectivity index (χ3v) is 4.50. The highest BCUT2D eigenvalue weighted by atomic mass is 79.9. The van der Waals surface area contributed by atoms with Crippen LogP contribution in [0.25, 0.3) is 11.3 Å². The first kappa shape index (κ1) is 18.7. The SMILES string of the molecule is COc1ccc(OC)c(-c2cc(C(=O)NN=Cc3ccccc3Br)[nH]n2)c1. The molecule has 0 radical (unpaired) electrons. The van der Waals surface area contributed by atoms with E-state index in [1.165, 1.54) is 0 Å². The van der Waals surface area contributed by atoms with Gasteiger partial charge in [0.05, 0.1) is 26.1 Å². The maximum absolute atomic E-state index is 12.3. The first-order valence-corrected chi connectivity index (χ1v) is 8.77. The van der Waals surface area contributed by atoms with Crippen LogP contribution in [0.2, 0.25) is 0 Å². The van der Waals surface area contributed by atoms with Crippen molar-refractivity contribution in [3.8, 4) is 22.8 Å². The number of benzene rings is 2. The lowest BCUT2D eigenvalue weighted by molar-refractivity contribution is 0.0950. The van der Waals surface area contributed by atoms with Gasteiger partial charge in [0.15, 0.2) is 0 Å². The number of rotatable bonds is 6. The van der Waals surface area contributed by atoms with Gasteiger partial charge >= 0.3 is 0 Å². The summed E-state index contributed by atoms with van der Waals surface area (Å²) in [4.78, 5) is 12.3. The van der Waals surface area contributed by atoms with Crippen molar-refractivity contribution in [3.05, 3.63) is 64.3 Å². The summed E-state index contributed by atoms with van der Waals surface area (Å²) in [6, 6.07) is 14.6. The third-order valence-electron chi connectivity index (χ3n) is 3.78. The molecule has 7 nitrogen and oxygen atoms in total. The van der Waals surface area contributed by atoms with Crippen molar-refractivity contribution in [2.75, 3.05) is 14.2 Å². The van der Waals surface area contributed by atoms with Gasteiger partial charge in [-0.2, -0.15) is 10.2 Å². The fourth-order valence-electron chi connectivity index (χ4n) is 2.39. The molecule has 0 aliphatic carbocycles. The highest BCUT2D eigenvalue weighted by Gasteiger charge is 2.14. The number of hydrogen-bond donors (Lipinski definition) is 2. The van der Waals surface area contributed by atoms with Gasteiger partial charge in [-0.25, -0.2) is 5.43 Å². The Morgan fingerprint density at radius 1 is 1.19 bits per heavy atom. The minimum Gasteiger partial charge on any atom is -0.497 e. The molecule has 3 rings (SSSR count). The monoisotopic (exact) mass is 428 g/mol. The highest BCUT2D eigenvalue weighted by molar-refractivity contribution is 9.10. The summed E-state index contributed by atoms with van der Waals surface area (Å²) in [6.45, 7) is 0. The van der Waals surface area contributed by atoms with E-state index in [-0.39, 0.29) is 5.69 Å². The number of carbonyl (C=O) groups is 1. The molecule has 0 saturated heterocycles. The lowest BCUT2D eigenvalue weighted by atomic mass is 10.1. The minimum absolute atomic E-state index is 0.277. The second kappa shape index (κ2) is 8.50. The number of H-pyrrole nitrogens is 1. The normalized spacial score (nSPS) is 10.8. The summed E-state index contributed by atoms with van der Waals surface area (Å²) in [5.74, 6) is 0.887. The van der Waals surface area contributed by atoms with Crippen LogP contribution in [0.3, 0.4) is 0 Å². The van der Waals surface area contributed by atoms with Crippen molar-refractivity contribution in [2.45, 2.75) is 0 Å². The summed E-state index contributed by atoms with van der Waals surface area (Å²) in [6.07, 6.45) is 1.56. The van der Waals surface area contributed by atoms with E-state index < -0.39 is 5.91 Å². The molecule has 0 unspecified atom stereocenters. The number of aromatic nitrogens is 2. The van der Waals surface area contributed by atoms with E-state index in [2.05, 4.69) is 36.7 Å². The van der Waals surface area contributed by atoms with Crippen LogP contribution in [0.4, 0.5) is 0 Å².